The SMILES string of the molecule is COC(=O)CC1=CC(=O)N(CC(=O)Nc2ccc(Br)c(C)c2)c2ccccc2N1. The van der Waals surface area contributed by atoms with Crippen LogP contribution >= 0.6 is 15.9 Å². The van der Waals surface area contributed by atoms with Crippen LogP contribution in [0.15, 0.2) is 58.7 Å². The van der Waals surface area contributed by atoms with E-state index in [1.165, 1.54) is 18.1 Å². The molecule has 2 aromatic carbocycles. The van der Waals surface area contributed by atoms with E-state index in [9.17, 15) is 14.4 Å². The zero-order chi connectivity index (χ0) is 21.0. The molecular weight excluding hydrogens is 438 g/mol. The maximum absolute atomic E-state index is 12.8. The fourth-order valence-corrected chi connectivity index (χ4v) is 3.17. The maximum atomic E-state index is 12.8. The van der Waals surface area contributed by atoms with Gasteiger partial charge in [-0.25, -0.2) is 0 Å². The first-order valence-corrected chi connectivity index (χ1v) is 9.67. The maximum Gasteiger partial charge on any atom is 0.311 e. The van der Waals surface area contributed by atoms with Crippen LogP contribution in [-0.4, -0.2) is 31.4 Å². The van der Waals surface area contributed by atoms with E-state index in [2.05, 4.69) is 31.3 Å². The van der Waals surface area contributed by atoms with Gasteiger partial charge >= 0.3 is 5.97 Å². The molecule has 0 bridgehead atoms. The van der Waals surface area contributed by atoms with Gasteiger partial charge in [0.2, 0.25) is 5.91 Å². The summed E-state index contributed by atoms with van der Waals surface area (Å²) in [5.74, 6) is -1.20. The number of aryl methyl sites for hydroxylation is 1. The van der Waals surface area contributed by atoms with E-state index in [0.29, 0.717) is 22.8 Å². The number of benzene rings is 2. The van der Waals surface area contributed by atoms with Crippen LogP contribution in [0.5, 0.6) is 0 Å². The first-order valence-electron chi connectivity index (χ1n) is 8.88. The number of rotatable bonds is 5. The molecule has 8 heteroatoms. The van der Waals surface area contributed by atoms with E-state index in [0.717, 1.165) is 10.0 Å². The number of anilines is 3. The lowest BCUT2D eigenvalue weighted by atomic mass is 10.2. The molecule has 2 aromatic rings. The molecule has 2 amide bonds. The number of esters is 1. The van der Waals surface area contributed by atoms with Crippen molar-refractivity contribution in [3.63, 3.8) is 0 Å². The van der Waals surface area contributed by atoms with Gasteiger partial charge < -0.3 is 15.4 Å². The van der Waals surface area contributed by atoms with Crippen LogP contribution < -0.4 is 15.5 Å². The Morgan fingerprint density at radius 1 is 1.21 bits per heavy atom. The highest BCUT2D eigenvalue weighted by molar-refractivity contribution is 9.10. The van der Waals surface area contributed by atoms with Gasteiger partial charge in [0.15, 0.2) is 0 Å². The summed E-state index contributed by atoms with van der Waals surface area (Å²) >= 11 is 3.43. The Kier molecular flexibility index (Phi) is 6.33. The number of hydrogen-bond donors (Lipinski definition) is 2. The third-order valence-electron chi connectivity index (χ3n) is 4.36. The lowest BCUT2D eigenvalue weighted by molar-refractivity contribution is -0.139. The molecule has 0 saturated heterocycles. The first-order chi connectivity index (χ1) is 13.9. The number of methoxy groups -OCH3 is 1. The standard InChI is InChI=1S/C21H20BrN3O4/c1-13-9-14(7-8-16(13)22)24-19(26)12-25-18-6-4-3-5-17(18)23-15(10-20(25)27)11-21(28)29-2/h3-10,23H,11-12H2,1-2H3,(H,24,26). The minimum atomic E-state index is -0.467. The molecule has 29 heavy (non-hydrogen) atoms. The van der Waals surface area contributed by atoms with Gasteiger partial charge in [-0.2, -0.15) is 0 Å². The normalized spacial score (nSPS) is 13.0. The molecule has 0 unspecified atom stereocenters. The Bertz CT molecular complexity index is 1000. The topological polar surface area (TPSA) is 87.7 Å². The van der Waals surface area contributed by atoms with Crippen molar-refractivity contribution in [2.45, 2.75) is 13.3 Å². The quantitative estimate of drug-likeness (QED) is 0.669. The number of nitrogens with zero attached hydrogens (tertiary/aromatic N) is 1. The lowest BCUT2D eigenvalue weighted by Gasteiger charge is -2.21. The molecule has 0 atom stereocenters. The number of nitrogens with one attached hydrogen (secondary N) is 2. The highest BCUT2D eigenvalue weighted by atomic mass is 79.9. The van der Waals surface area contributed by atoms with Gasteiger partial charge in [0, 0.05) is 21.9 Å². The fraction of sp³-hybridized carbons (Fsp3) is 0.190. The molecule has 2 N–H and O–H groups in total. The van der Waals surface area contributed by atoms with Gasteiger partial charge in [-0.3, -0.25) is 19.3 Å². The van der Waals surface area contributed by atoms with Gasteiger partial charge in [-0.05, 0) is 42.8 Å². The number of carbonyl (C=O) groups is 3. The van der Waals surface area contributed by atoms with E-state index in [1.807, 2.05) is 19.1 Å². The second-order valence-electron chi connectivity index (χ2n) is 6.50. The molecule has 3 rings (SSSR count). The highest BCUT2D eigenvalue weighted by Crippen LogP contribution is 2.30. The lowest BCUT2D eigenvalue weighted by Crippen LogP contribution is -2.37. The summed E-state index contributed by atoms with van der Waals surface area (Å²) in [5, 5.41) is 5.90. The summed E-state index contributed by atoms with van der Waals surface area (Å²) in [4.78, 5) is 38.4. The number of halogens is 1. The summed E-state index contributed by atoms with van der Waals surface area (Å²) in [5.41, 5.74) is 3.21. The summed E-state index contributed by atoms with van der Waals surface area (Å²) in [6, 6.07) is 12.6. The van der Waals surface area contributed by atoms with Crippen LogP contribution in [0.1, 0.15) is 12.0 Å². The third kappa shape index (κ3) is 5.03. The molecule has 0 fully saturated rings. The van der Waals surface area contributed by atoms with Crippen LogP contribution in [-0.2, 0) is 19.1 Å². The Morgan fingerprint density at radius 3 is 2.69 bits per heavy atom. The van der Waals surface area contributed by atoms with Crippen LogP contribution in [0.25, 0.3) is 0 Å². The third-order valence-corrected chi connectivity index (χ3v) is 5.25. The molecule has 0 radical (unpaired) electrons. The number of carbonyl (C=O) groups excluding carboxylic acids is 3. The van der Waals surface area contributed by atoms with Crippen LogP contribution in [0, 0.1) is 6.92 Å². The van der Waals surface area contributed by atoms with Crippen molar-refractivity contribution in [1.29, 1.82) is 0 Å². The molecule has 1 heterocycles. The summed E-state index contributed by atoms with van der Waals surface area (Å²) in [7, 11) is 1.29. The van der Waals surface area contributed by atoms with Crippen molar-refractivity contribution in [3.8, 4) is 0 Å². The van der Waals surface area contributed by atoms with Crippen molar-refractivity contribution in [2.24, 2.45) is 0 Å². The summed E-state index contributed by atoms with van der Waals surface area (Å²) < 4.78 is 5.63. The molecule has 0 saturated carbocycles. The van der Waals surface area contributed by atoms with E-state index >= 15 is 0 Å². The molecule has 1 aliphatic rings. The predicted octanol–water partition coefficient (Wildman–Crippen LogP) is 3.60. The van der Waals surface area contributed by atoms with Crippen LogP contribution in [0.4, 0.5) is 17.1 Å². The minimum absolute atomic E-state index is 0.0746. The molecular formula is C21H20BrN3O4. The number of para-hydroxylation sites is 2. The highest BCUT2D eigenvalue weighted by Gasteiger charge is 2.25. The number of hydrogen-bond acceptors (Lipinski definition) is 5. The molecule has 0 aliphatic carbocycles. The van der Waals surface area contributed by atoms with Crippen molar-refractivity contribution in [3.05, 3.63) is 64.3 Å². The zero-order valence-electron chi connectivity index (χ0n) is 16.0. The average Bonchev–Trinajstić information content (AvgIpc) is 2.81. The Hall–Kier alpha value is -3.13. The van der Waals surface area contributed by atoms with Crippen molar-refractivity contribution in [1.82, 2.24) is 0 Å². The Morgan fingerprint density at radius 2 is 1.97 bits per heavy atom. The largest absolute Gasteiger partial charge is 0.469 e. The number of amides is 2. The van der Waals surface area contributed by atoms with E-state index in [1.54, 1.807) is 30.3 Å². The van der Waals surface area contributed by atoms with Gasteiger partial charge in [0.1, 0.15) is 6.54 Å². The van der Waals surface area contributed by atoms with Crippen molar-refractivity contribution < 1.29 is 19.1 Å². The molecule has 150 valence electrons. The number of fused-ring (bicyclic) bond motifs is 1. The Labute approximate surface area is 176 Å². The van der Waals surface area contributed by atoms with Crippen LogP contribution in [0.2, 0.25) is 0 Å². The summed E-state index contributed by atoms with van der Waals surface area (Å²) in [6.45, 7) is 1.75. The molecule has 7 nitrogen and oxygen atoms in total. The Balaban J connectivity index is 1.83. The summed E-state index contributed by atoms with van der Waals surface area (Å²) in [6.07, 6.45) is 1.24. The van der Waals surface area contributed by atoms with Gasteiger partial charge in [-0.1, -0.05) is 28.1 Å². The van der Waals surface area contributed by atoms with Crippen molar-refractivity contribution >= 4 is 50.8 Å². The van der Waals surface area contributed by atoms with Gasteiger partial charge in [0.05, 0.1) is 24.9 Å². The first kappa shape index (κ1) is 20.6. The smallest absolute Gasteiger partial charge is 0.311 e. The minimum Gasteiger partial charge on any atom is -0.469 e. The molecule has 1 aliphatic heterocycles. The zero-order valence-corrected chi connectivity index (χ0v) is 17.6. The van der Waals surface area contributed by atoms with E-state index in [-0.39, 0.29) is 18.9 Å². The van der Waals surface area contributed by atoms with E-state index < -0.39 is 11.9 Å². The van der Waals surface area contributed by atoms with Crippen LogP contribution in [0.3, 0.4) is 0 Å². The molecule has 0 aromatic heterocycles. The fourth-order valence-electron chi connectivity index (χ4n) is 2.92. The molecule has 0 spiro atoms. The number of ether oxygens (including phenoxy) is 1. The second kappa shape index (κ2) is 8.91. The predicted molar refractivity (Wildman–Crippen MR) is 115 cm³/mol. The monoisotopic (exact) mass is 457 g/mol. The van der Waals surface area contributed by atoms with Crippen molar-refractivity contribution in [2.75, 3.05) is 29.2 Å². The second-order valence-corrected chi connectivity index (χ2v) is 7.36. The van der Waals surface area contributed by atoms with Gasteiger partial charge in [0.25, 0.3) is 5.91 Å². The van der Waals surface area contributed by atoms with E-state index in [4.69, 9.17) is 0 Å². The van der Waals surface area contributed by atoms with Gasteiger partial charge in [-0.15, -0.1) is 0 Å². The average molecular weight is 458 g/mol.